The fraction of sp³-hybridized carbons (Fsp3) is 0.333. The van der Waals surface area contributed by atoms with Crippen LogP contribution in [0.2, 0.25) is 0 Å². The Morgan fingerprint density at radius 1 is 1.36 bits per heavy atom. The van der Waals surface area contributed by atoms with Crippen LogP contribution in [0.15, 0.2) is 36.6 Å². The molecule has 0 aromatic carbocycles. The first-order valence-electron chi connectivity index (χ1n) is 6.55. The maximum absolute atomic E-state index is 12.0. The third-order valence-electron chi connectivity index (χ3n) is 2.95. The Balaban J connectivity index is 2.33. The standard InChI is InChI=1S/C15H15BrO4S2/c1-9(17)12(15-21-5-6-22-15)8-10(14(18)19-2)7-11-3-4-13(16)20-11/h3-4,7H,5-6,8H2,1-2H3/b10-7-. The molecule has 1 saturated heterocycles. The van der Waals surface area contributed by atoms with Crippen LogP contribution >= 0.6 is 39.5 Å². The first-order valence-corrected chi connectivity index (χ1v) is 9.31. The van der Waals surface area contributed by atoms with Crippen molar-refractivity contribution in [2.45, 2.75) is 13.3 Å². The number of esters is 1. The van der Waals surface area contributed by atoms with E-state index in [-0.39, 0.29) is 12.2 Å². The van der Waals surface area contributed by atoms with E-state index in [1.165, 1.54) is 14.0 Å². The molecule has 0 amide bonds. The van der Waals surface area contributed by atoms with Crippen LogP contribution in [0.1, 0.15) is 19.1 Å². The molecule has 1 aliphatic rings. The average molecular weight is 403 g/mol. The van der Waals surface area contributed by atoms with E-state index in [4.69, 9.17) is 9.15 Å². The van der Waals surface area contributed by atoms with Gasteiger partial charge in [0.15, 0.2) is 10.5 Å². The highest BCUT2D eigenvalue weighted by molar-refractivity contribution is 9.10. The van der Waals surface area contributed by atoms with Crippen molar-refractivity contribution in [3.8, 4) is 0 Å². The molecule has 4 nitrogen and oxygen atoms in total. The lowest BCUT2D eigenvalue weighted by atomic mass is 10.0. The van der Waals surface area contributed by atoms with Crippen LogP contribution in [0.5, 0.6) is 0 Å². The topological polar surface area (TPSA) is 56.5 Å². The molecule has 1 aromatic heterocycles. The molecule has 7 heteroatoms. The highest BCUT2D eigenvalue weighted by atomic mass is 79.9. The zero-order chi connectivity index (χ0) is 16.1. The number of furan rings is 1. The number of halogens is 1. The lowest BCUT2D eigenvalue weighted by molar-refractivity contribution is -0.136. The minimum absolute atomic E-state index is 0.0210. The lowest BCUT2D eigenvalue weighted by Gasteiger charge is -2.09. The number of Topliss-reactive ketones (excluding diaryl/α,β-unsaturated/α-hetero) is 1. The van der Waals surface area contributed by atoms with Crippen LogP contribution in [-0.2, 0) is 14.3 Å². The van der Waals surface area contributed by atoms with Crippen LogP contribution in [-0.4, -0.2) is 30.4 Å². The fourth-order valence-corrected chi connectivity index (χ4v) is 4.88. The first-order chi connectivity index (χ1) is 10.5. The lowest BCUT2D eigenvalue weighted by Crippen LogP contribution is -2.09. The molecule has 0 N–H and O–H groups in total. The van der Waals surface area contributed by atoms with Crippen molar-refractivity contribution >= 4 is 57.3 Å². The summed E-state index contributed by atoms with van der Waals surface area (Å²) in [6, 6.07) is 3.49. The summed E-state index contributed by atoms with van der Waals surface area (Å²) in [7, 11) is 1.33. The van der Waals surface area contributed by atoms with Gasteiger partial charge in [-0.2, -0.15) is 0 Å². The molecule has 0 aliphatic carbocycles. The summed E-state index contributed by atoms with van der Waals surface area (Å²) in [6.45, 7) is 1.53. The Morgan fingerprint density at radius 3 is 2.55 bits per heavy atom. The molecular formula is C15H15BrO4S2. The van der Waals surface area contributed by atoms with Crippen molar-refractivity contribution in [2.75, 3.05) is 18.6 Å². The van der Waals surface area contributed by atoms with Gasteiger partial charge < -0.3 is 9.15 Å². The fourth-order valence-electron chi connectivity index (χ4n) is 1.91. The molecule has 22 heavy (non-hydrogen) atoms. The van der Waals surface area contributed by atoms with Crippen LogP contribution in [0.25, 0.3) is 6.08 Å². The van der Waals surface area contributed by atoms with E-state index in [0.717, 1.165) is 15.7 Å². The maximum Gasteiger partial charge on any atom is 0.334 e. The van der Waals surface area contributed by atoms with E-state index in [2.05, 4.69) is 15.9 Å². The van der Waals surface area contributed by atoms with Crippen molar-refractivity contribution in [1.29, 1.82) is 0 Å². The van der Waals surface area contributed by atoms with Gasteiger partial charge in [0.2, 0.25) is 0 Å². The van der Waals surface area contributed by atoms with Gasteiger partial charge in [-0.3, -0.25) is 4.79 Å². The Morgan fingerprint density at radius 2 is 2.05 bits per heavy atom. The molecule has 118 valence electrons. The number of hydrogen-bond donors (Lipinski definition) is 0. The molecule has 0 spiro atoms. The molecule has 1 fully saturated rings. The van der Waals surface area contributed by atoms with Crippen molar-refractivity contribution < 1.29 is 18.7 Å². The number of allylic oxidation sites excluding steroid dienone is 1. The van der Waals surface area contributed by atoms with Crippen LogP contribution < -0.4 is 0 Å². The summed E-state index contributed by atoms with van der Waals surface area (Å²) in [5.74, 6) is 2.03. The molecule has 0 saturated carbocycles. The minimum atomic E-state index is -0.458. The number of methoxy groups -OCH3 is 1. The minimum Gasteiger partial charge on any atom is -0.466 e. The number of rotatable bonds is 5. The van der Waals surface area contributed by atoms with Crippen molar-refractivity contribution in [2.24, 2.45) is 0 Å². The molecule has 2 rings (SSSR count). The number of carbonyl (C=O) groups is 2. The Labute approximate surface area is 145 Å². The number of ketones is 1. The predicted octanol–water partition coefficient (Wildman–Crippen LogP) is 4.27. The molecule has 1 aromatic rings. The second-order valence-electron chi connectivity index (χ2n) is 4.50. The van der Waals surface area contributed by atoms with Crippen LogP contribution in [0.4, 0.5) is 0 Å². The van der Waals surface area contributed by atoms with E-state index in [0.29, 0.717) is 21.6 Å². The highest BCUT2D eigenvalue weighted by Gasteiger charge is 2.22. The van der Waals surface area contributed by atoms with Gasteiger partial charge in [-0.25, -0.2) is 4.79 Å². The molecular weight excluding hydrogens is 388 g/mol. The molecule has 0 unspecified atom stereocenters. The maximum atomic E-state index is 12.0. The van der Waals surface area contributed by atoms with E-state index < -0.39 is 5.97 Å². The quantitative estimate of drug-likeness (QED) is 0.541. The molecule has 0 radical (unpaired) electrons. The Kier molecular flexibility index (Phi) is 6.40. The Bertz CT molecular complexity index is 638. The normalized spacial score (nSPS) is 15.0. The van der Waals surface area contributed by atoms with Gasteiger partial charge in [0.05, 0.1) is 7.11 Å². The number of hydrogen-bond acceptors (Lipinski definition) is 6. The molecule has 1 aliphatic heterocycles. The first kappa shape index (κ1) is 17.4. The van der Waals surface area contributed by atoms with Crippen LogP contribution in [0, 0.1) is 0 Å². The van der Waals surface area contributed by atoms with Gasteiger partial charge in [-0.05, 0) is 41.1 Å². The smallest absolute Gasteiger partial charge is 0.334 e. The SMILES string of the molecule is COC(=O)/C(=C\c1ccc(Br)o1)CC(C(C)=O)=C1SCCS1. The Hall–Kier alpha value is -0.920. The van der Waals surface area contributed by atoms with E-state index >= 15 is 0 Å². The largest absolute Gasteiger partial charge is 0.466 e. The third-order valence-corrected chi connectivity index (χ3v) is 6.17. The van der Waals surface area contributed by atoms with Crippen molar-refractivity contribution in [1.82, 2.24) is 0 Å². The number of thioether (sulfide) groups is 2. The monoisotopic (exact) mass is 402 g/mol. The summed E-state index contributed by atoms with van der Waals surface area (Å²) >= 11 is 6.55. The molecule has 0 bridgehead atoms. The van der Waals surface area contributed by atoms with Crippen molar-refractivity contribution in [3.63, 3.8) is 0 Å². The summed E-state index contributed by atoms with van der Waals surface area (Å²) in [5.41, 5.74) is 1.06. The zero-order valence-corrected chi connectivity index (χ0v) is 15.4. The zero-order valence-electron chi connectivity index (χ0n) is 12.2. The second kappa shape index (κ2) is 8.08. The van der Waals surface area contributed by atoms with E-state index in [1.54, 1.807) is 41.7 Å². The van der Waals surface area contributed by atoms with Gasteiger partial charge in [0.25, 0.3) is 0 Å². The number of carbonyl (C=O) groups excluding carboxylic acids is 2. The van der Waals surface area contributed by atoms with Gasteiger partial charge in [0.1, 0.15) is 5.76 Å². The molecule has 2 heterocycles. The average Bonchev–Trinajstić information content (AvgIpc) is 3.13. The summed E-state index contributed by atoms with van der Waals surface area (Å²) in [6.07, 6.45) is 1.86. The summed E-state index contributed by atoms with van der Waals surface area (Å²) in [5, 5.41) is 0. The highest BCUT2D eigenvalue weighted by Crippen LogP contribution is 2.40. The van der Waals surface area contributed by atoms with Gasteiger partial charge in [-0.15, -0.1) is 23.5 Å². The summed E-state index contributed by atoms with van der Waals surface area (Å²) < 4.78 is 11.8. The number of ether oxygens (including phenoxy) is 1. The second-order valence-corrected chi connectivity index (χ2v) is 7.75. The van der Waals surface area contributed by atoms with Gasteiger partial charge in [-0.1, -0.05) is 0 Å². The summed E-state index contributed by atoms with van der Waals surface area (Å²) in [4.78, 5) is 23.9. The van der Waals surface area contributed by atoms with E-state index in [1.807, 2.05) is 0 Å². The van der Waals surface area contributed by atoms with E-state index in [9.17, 15) is 9.59 Å². The van der Waals surface area contributed by atoms with Gasteiger partial charge >= 0.3 is 5.97 Å². The third kappa shape index (κ3) is 4.54. The van der Waals surface area contributed by atoms with Crippen LogP contribution in [0.3, 0.4) is 0 Å². The predicted molar refractivity (Wildman–Crippen MR) is 93.6 cm³/mol. The molecule has 0 atom stereocenters. The van der Waals surface area contributed by atoms with Gasteiger partial charge in [0, 0.05) is 33.3 Å². The van der Waals surface area contributed by atoms with Crippen molar-refractivity contribution in [3.05, 3.63) is 37.9 Å².